The number of anilines is 2. The summed E-state index contributed by atoms with van der Waals surface area (Å²) in [5.41, 5.74) is 1.71. The SMILES string of the molecule is CN(CCN1CCC(OC(=O)Nc2ccccc2-c2ccccc2)CC1)C(=O)CCCCCN(C)c1ccc(CC(=O)N(C)CCCN(C)C(=O)CO[C@H]2Cc3ccccc3C23CCN(CC[C@@]2(c4ccc(F)cc4)CN(C(=O)c4cc(C(F)(F)F)cc(C(F)(F)F)c4)CO2)CC3)cc1. The molecule has 530 valence electrons. The number of alkyl halides is 6. The first-order chi connectivity index (χ1) is 47.4. The van der Waals surface area contributed by atoms with E-state index < -0.39 is 64.6 Å². The molecule has 0 unspecified atom stereocenters. The van der Waals surface area contributed by atoms with Gasteiger partial charge in [-0.1, -0.05) is 103 Å². The molecule has 3 fully saturated rings. The van der Waals surface area contributed by atoms with Crippen LogP contribution in [-0.4, -0.2) is 185 Å². The van der Waals surface area contributed by atoms with Crippen LogP contribution in [0.2, 0.25) is 0 Å². The largest absolute Gasteiger partial charge is 0.446 e. The maximum Gasteiger partial charge on any atom is 0.416 e. The van der Waals surface area contributed by atoms with E-state index in [0.29, 0.717) is 94.8 Å². The number of halogens is 7. The van der Waals surface area contributed by atoms with Gasteiger partial charge in [0.2, 0.25) is 17.7 Å². The van der Waals surface area contributed by atoms with Crippen LogP contribution in [0.3, 0.4) is 0 Å². The molecule has 6 aromatic carbocycles. The number of carbonyl (C=O) groups excluding carboxylic acids is 5. The topological polar surface area (TPSA) is 148 Å². The molecule has 3 saturated heterocycles. The number of hydrogen-bond donors (Lipinski definition) is 1. The van der Waals surface area contributed by atoms with Crippen LogP contribution in [0, 0.1) is 5.82 Å². The van der Waals surface area contributed by atoms with Gasteiger partial charge in [-0.2, -0.15) is 26.3 Å². The van der Waals surface area contributed by atoms with Crippen LogP contribution >= 0.6 is 0 Å². The van der Waals surface area contributed by atoms with E-state index in [1.807, 2.05) is 110 Å². The molecule has 0 radical (unpaired) electrons. The summed E-state index contributed by atoms with van der Waals surface area (Å²) in [5, 5.41) is 2.93. The van der Waals surface area contributed by atoms with Gasteiger partial charge in [0.05, 0.1) is 35.9 Å². The van der Waals surface area contributed by atoms with E-state index in [0.717, 1.165) is 91.1 Å². The fourth-order valence-electron chi connectivity index (χ4n) is 14.1. The van der Waals surface area contributed by atoms with Gasteiger partial charge in [-0.3, -0.25) is 24.5 Å². The molecule has 6 aromatic rings. The lowest BCUT2D eigenvalue weighted by Gasteiger charge is -2.44. The molecule has 4 aliphatic rings. The molecule has 3 aliphatic heterocycles. The number of carbonyl (C=O) groups is 5. The summed E-state index contributed by atoms with van der Waals surface area (Å²) in [4.78, 5) is 79.7. The van der Waals surface area contributed by atoms with Crippen LogP contribution in [-0.2, 0) is 64.8 Å². The number of benzene rings is 6. The van der Waals surface area contributed by atoms with E-state index in [4.69, 9.17) is 14.2 Å². The second-order valence-electron chi connectivity index (χ2n) is 26.8. The summed E-state index contributed by atoms with van der Waals surface area (Å²) in [6.07, 6.45) is -3.61. The summed E-state index contributed by atoms with van der Waals surface area (Å²) >= 11 is 0. The van der Waals surface area contributed by atoms with Gasteiger partial charge in [-0.05, 0) is 147 Å². The van der Waals surface area contributed by atoms with Gasteiger partial charge in [0.15, 0.2) is 0 Å². The minimum Gasteiger partial charge on any atom is -0.446 e. The molecule has 99 heavy (non-hydrogen) atoms. The van der Waals surface area contributed by atoms with Gasteiger partial charge in [0.1, 0.15) is 30.9 Å². The number of likely N-dealkylation sites (N-methyl/N-ethyl adjacent to an activating group) is 3. The summed E-state index contributed by atoms with van der Waals surface area (Å²) < 4.78 is 116. The number of rotatable bonds is 27. The Kier molecular flexibility index (Phi) is 24.3. The van der Waals surface area contributed by atoms with Crippen molar-refractivity contribution in [2.45, 2.75) is 113 Å². The van der Waals surface area contributed by atoms with E-state index in [1.165, 1.54) is 29.8 Å². The number of piperidine rings is 2. The van der Waals surface area contributed by atoms with Crippen LogP contribution in [0.25, 0.3) is 11.1 Å². The van der Waals surface area contributed by atoms with Crippen molar-refractivity contribution < 1.29 is 68.9 Å². The number of likely N-dealkylation sites (tertiary alicyclic amines) is 2. The molecule has 0 saturated carbocycles. The second kappa shape index (κ2) is 32.7. The van der Waals surface area contributed by atoms with Crippen molar-refractivity contribution in [3.8, 4) is 11.1 Å². The highest BCUT2D eigenvalue weighted by Crippen LogP contribution is 2.49. The lowest BCUT2D eigenvalue weighted by molar-refractivity contribution is -0.143. The molecule has 1 spiro atoms. The average molecular weight is 1380 g/mol. The zero-order chi connectivity index (χ0) is 70.5. The molecule has 1 aliphatic carbocycles. The van der Waals surface area contributed by atoms with Gasteiger partial charge < -0.3 is 48.5 Å². The van der Waals surface area contributed by atoms with E-state index in [1.54, 1.807) is 23.9 Å². The number of ether oxygens (including phenoxy) is 3. The lowest BCUT2D eigenvalue weighted by Crippen LogP contribution is -2.50. The summed E-state index contributed by atoms with van der Waals surface area (Å²) in [6.45, 7) is 5.52. The van der Waals surface area contributed by atoms with Crippen LogP contribution in [0.4, 0.5) is 46.9 Å². The third-order valence-corrected chi connectivity index (χ3v) is 20.2. The Hall–Kier alpha value is -8.38. The van der Waals surface area contributed by atoms with E-state index in [2.05, 4.69) is 32.1 Å². The molecule has 2 atom stereocenters. The summed E-state index contributed by atoms with van der Waals surface area (Å²) in [7, 11) is 7.39. The number of unbranched alkanes of at least 4 members (excludes halogenated alkanes) is 2. The van der Waals surface area contributed by atoms with Gasteiger partial charge in [0.25, 0.3) is 5.91 Å². The van der Waals surface area contributed by atoms with E-state index in [-0.39, 0.29) is 62.0 Å². The summed E-state index contributed by atoms with van der Waals surface area (Å²) in [6, 6.07) is 40.0. The van der Waals surface area contributed by atoms with Crippen molar-refractivity contribution in [2.24, 2.45) is 0 Å². The maximum absolute atomic E-state index is 14.2. The Bertz CT molecular complexity index is 3680. The molecule has 5 amide bonds. The molecule has 10 rings (SSSR count). The third kappa shape index (κ3) is 18.9. The Morgan fingerprint density at radius 2 is 1.26 bits per heavy atom. The van der Waals surface area contributed by atoms with Gasteiger partial charge in [0, 0.05) is 109 Å². The molecule has 0 aromatic heterocycles. The minimum atomic E-state index is -5.15. The van der Waals surface area contributed by atoms with Crippen molar-refractivity contribution in [2.75, 3.05) is 124 Å². The first-order valence-electron chi connectivity index (χ1n) is 34.1. The molecule has 1 N–H and O–H groups in total. The van der Waals surface area contributed by atoms with Crippen molar-refractivity contribution in [1.82, 2.24) is 29.4 Å². The highest BCUT2D eigenvalue weighted by atomic mass is 19.4. The van der Waals surface area contributed by atoms with Crippen LogP contribution in [0.5, 0.6) is 0 Å². The Labute approximate surface area is 574 Å². The first kappa shape index (κ1) is 73.3. The fraction of sp³-hybridized carbons (Fsp3) is 0.461. The smallest absolute Gasteiger partial charge is 0.416 e. The molecule has 23 heteroatoms. The predicted octanol–water partition coefficient (Wildman–Crippen LogP) is 12.9. The van der Waals surface area contributed by atoms with Crippen molar-refractivity contribution >= 4 is 41.1 Å². The molecule has 3 heterocycles. The van der Waals surface area contributed by atoms with Crippen LogP contribution in [0.1, 0.15) is 108 Å². The Morgan fingerprint density at radius 1 is 0.636 bits per heavy atom. The minimum absolute atomic E-state index is 0.0271. The molecule has 16 nitrogen and oxygen atoms in total. The Balaban J connectivity index is 0.602. The zero-order valence-corrected chi connectivity index (χ0v) is 56.7. The fourth-order valence-corrected chi connectivity index (χ4v) is 14.1. The van der Waals surface area contributed by atoms with Crippen LogP contribution in [0.15, 0.2) is 146 Å². The second-order valence-corrected chi connectivity index (χ2v) is 26.8. The quantitative estimate of drug-likeness (QED) is 0.0388. The number of amides is 5. The number of hydrogen-bond acceptors (Lipinski definition) is 11. The van der Waals surface area contributed by atoms with Gasteiger partial charge in [-0.15, -0.1) is 0 Å². The van der Waals surface area contributed by atoms with Crippen molar-refractivity contribution in [3.05, 3.63) is 190 Å². The number of para-hydroxylation sites is 1. The lowest BCUT2D eigenvalue weighted by atomic mass is 9.72. The number of fused-ring (bicyclic) bond motifs is 2. The van der Waals surface area contributed by atoms with Crippen LogP contribution < -0.4 is 10.2 Å². The standard InChI is InChI=1S/C76H89F7N8O8/c1-85(36-14-6-9-22-68(92)88(4)44-45-89-39-31-63(32-40-89)99-72(96)84-66-21-13-11-19-64(66)55-16-7-5-8-17-55)62-29-23-54(24-30-62)46-69(93)86(2)37-15-38-87(3)70(94)51-97-67-49-56-18-10-12-20-65(56)73(67)33-41-90(42-34-73)43-35-74(58-25-27-61(77)28-26-58)52-91(53-98-74)71(95)57-47-59(75(78,79)80)50-60(48-57)76(81,82)83/h5,7-8,10-13,16-21,23-30,47-48,50,63,67H,6,9,14-15,22,31-46,49,51-53H2,1-4H3,(H,84,96)/t67-,74-/m0/s1. The number of nitrogens with zero attached hydrogens (tertiary/aromatic N) is 7. The average Bonchev–Trinajstić information content (AvgIpc) is 1.61. The zero-order valence-electron chi connectivity index (χ0n) is 56.7. The Morgan fingerprint density at radius 3 is 1.95 bits per heavy atom. The van der Waals surface area contributed by atoms with Crippen molar-refractivity contribution in [1.29, 1.82) is 0 Å². The monoisotopic (exact) mass is 1370 g/mol. The van der Waals surface area contributed by atoms with Gasteiger partial charge in [-0.25, -0.2) is 9.18 Å². The molecular weight excluding hydrogens is 1290 g/mol. The first-order valence-corrected chi connectivity index (χ1v) is 34.1. The third-order valence-electron chi connectivity index (χ3n) is 20.2. The molecular formula is C76H89F7N8O8. The van der Waals surface area contributed by atoms with E-state index in [9.17, 15) is 54.7 Å². The number of nitrogens with one attached hydrogen (secondary N) is 1. The van der Waals surface area contributed by atoms with E-state index >= 15 is 0 Å². The van der Waals surface area contributed by atoms with Crippen molar-refractivity contribution in [3.63, 3.8) is 0 Å². The predicted molar refractivity (Wildman–Crippen MR) is 364 cm³/mol. The maximum atomic E-state index is 14.2. The normalized spacial score (nSPS) is 18.1. The van der Waals surface area contributed by atoms with Gasteiger partial charge >= 0.3 is 18.4 Å². The molecule has 0 bridgehead atoms. The highest BCUT2D eigenvalue weighted by Gasteiger charge is 2.50. The highest BCUT2D eigenvalue weighted by molar-refractivity contribution is 5.95. The summed E-state index contributed by atoms with van der Waals surface area (Å²) in [5.74, 6) is -1.69.